The number of nitrogens with one attached hydrogen (secondary N) is 1. The Labute approximate surface area is 92.9 Å². The van der Waals surface area contributed by atoms with Crippen LogP contribution in [0.15, 0.2) is 18.2 Å². The molecule has 1 nitrogen and oxygen atoms in total. The predicted molar refractivity (Wildman–Crippen MR) is 66.5 cm³/mol. The van der Waals surface area contributed by atoms with Gasteiger partial charge < -0.3 is 5.32 Å². The third-order valence-corrected chi connectivity index (χ3v) is 3.23. The lowest BCUT2D eigenvalue weighted by Gasteiger charge is -2.08. The first-order chi connectivity index (χ1) is 7.42. The quantitative estimate of drug-likeness (QED) is 0.718. The van der Waals surface area contributed by atoms with Crippen LogP contribution in [-0.4, -0.2) is 6.54 Å². The molecule has 82 valence electrons. The van der Waals surface area contributed by atoms with Crippen molar-refractivity contribution in [3.05, 3.63) is 29.3 Å². The zero-order valence-electron chi connectivity index (χ0n) is 9.68. The standard InChI is InChI=1S/C14H21N/c1-2-3-4-5-7-12-8-6-9-13-10-11-15-14(12)13/h6,8-9,15H,2-5,7,10-11H2,1H3. The van der Waals surface area contributed by atoms with E-state index in [0.29, 0.717) is 0 Å². The summed E-state index contributed by atoms with van der Waals surface area (Å²) in [5.74, 6) is 0. The van der Waals surface area contributed by atoms with Gasteiger partial charge in [0.15, 0.2) is 0 Å². The van der Waals surface area contributed by atoms with E-state index in [1.54, 1.807) is 0 Å². The van der Waals surface area contributed by atoms with Gasteiger partial charge in [0.2, 0.25) is 0 Å². The van der Waals surface area contributed by atoms with Crippen molar-refractivity contribution in [1.82, 2.24) is 0 Å². The van der Waals surface area contributed by atoms with Crippen LogP contribution >= 0.6 is 0 Å². The average molecular weight is 203 g/mol. The molecule has 0 saturated carbocycles. The molecule has 1 heterocycles. The van der Waals surface area contributed by atoms with Gasteiger partial charge in [-0.1, -0.05) is 44.4 Å². The van der Waals surface area contributed by atoms with Crippen molar-refractivity contribution in [2.24, 2.45) is 0 Å². The lowest BCUT2D eigenvalue weighted by Crippen LogP contribution is -1.96. The van der Waals surface area contributed by atoms with Gasteiger partial charge in [-0.3, -0.25) is 0 Å². The maximum absolute atomic E-state index is 3.51. The van der Waals surface area contributed by atoms with E-state index in [9.17, 15) is 0 Å². The fraction of sp³-hybridized carbons (Fsp3) is 0.571. The molecular formula is C14H21N. The minimum atomic E-state index is 1.13. The van der Waals surface area contributed by atoms with Crippen LogP contribution in [0.1, 0.15) is 43.7 Å². The van der Waals surface area contributed by atoms with Crippen LogP contribution in [0.5, 0.6) is 0 Å². The van der Waals surface area contributed by atoms with Gasteiger partial charge >= 0.3 is 0 Å². The number of fused-ring (bicyclic) bond motifs is 1. The van der Waals surface area contributed by atoms with Crippen LogP contribution in [-0.2, 0) is 12.8 Å². The molecule has 1 aromatic rings. The van der Waals surface area contributed by atoms with E-state index in [1.807, 2.05) is 0 Å². The molecule has 2 rings (SSSR count). The Morgan fingerprint density at radius 3 is 3.00 bits per heavy atom. The number of hydrogen-bond donors (Lipinski definition) is 1. The summed E-state index contributed by atoms with van der Waals surface area (Å²) in [4.78, 5) is 0. The van der Waals surface area contributed by atoms with Crippen molar-refractivity contribution in [2.75, 3.05) is 11.9 Å². The summed E-state index contributed by atoms with van der Waals surface area (Å²) in [6, 6.07) is 6.75. The van der Waals surface area contributed by atoms with Gasteiger partial charge in [0.25, 0.3) is 0 Å². The van der Waals surface area contributed by atoms with Gasteiger partial charge in [-0.05, 0) is 30.4 Å². The number of aryl methyl sites for hydroxylation is 1. The molecule has 1 aromatic carbocycles. The zero-order chi connectivity index (χ0) is 10.5. The Morgan fingerprint density at radius 1 is 1.20 bits per heavy atom. The van der Waals surface area contributed by atoms with Crippen LogP contribution in [0.2, 0.25) is 0 Å². The van der Waals surface area contributed by atoms with E-state index >= 15 is 0 Å². The van der Waals surface area contributed by atoms with Crippen molar-refractivity contribution in [2.45, 2.75) is 45.4 Å². The second kappa shape index (κ2) is 5.20. The summed E-state index contributed by atoms with van der Waals surface area (Å²) in [6.07, 6.45) is 7.87. The first-order valence-corrected chi connectivity index (χ1v) is 6.26. The summed E-state index contributed by atoms with van der Waals surface area (Å²) in [5, 5.41) is 3.51. The second-order valence-corrected chi connectivity index (χ2v) is 4.44. The molecule has 0 bridgehead atoms. The molecule has 1 N–H and O–H groups in total. The van der Waals surface area contributed by atoms with Crippen molar-refractivity contribution in [1.29, 1.82) is 0 Å². The van der Waals surface area contributed by atoms with E-state index in [4.69, 9.17) is 0 Å². The Balaban J connectivity index is 1.94. The third kappa shape index (κ3) is 2.53. The molecule has 1 aliphatic heterocycles. The fourth-order valence-electron chi connectivity index (χ4n) is 2.36. The van der Waals surface area contributed by atoms with Crippen LogP contribution in [0, 0.1) is 0 Å². The highest BCUT2D eigenvalue weighted by atomic mass is 14.9. The Bertz CT molecular complexity index is 317. The minimum absolute atomic E-state index is 1.13. The number of para-hydroxylation sites is 1. The zero-order valence-corrected chi connectivity index (χ0v) is 9.68. The highest BCUT2D eigenvalue weighted by Crippen LogP contribution is 2.27. The molecule has 0 aromatic heterocycles. The largest absolute Gasteiger partial charge is 0.384 e. The number of benzene rings is 1. The SMILES string of the molecule is CCCCCCc1cccc2c1NCC2. The van der Waals surface area contributed by atoms with Crippen molar-refractivity contribution >= 4 is 5.69 Å². The Morgan fingerprint density at radius 2 is 2.13 bits per heavy atom. The molecule has 15 heavy (non-hydrogen) atoms. The van der Waals surface area contributed by atoms with Crippen molar-refractivity contribution < 1.29 is 0 Å². The molecule has 0 unspecified atom stereocenters. The molecule has 0 saturated heterocycles. The van der Waals surface area contributed by atoms with Gasteiger partial charge in [0.05, 0.1) is 0 Å². The smallest absolute Gasteiger partial charge is 0.0406 e. The van der Waals surface area contributed by atoms with Crippen LogP contribution < -0.4 is 5.32 Å². The molecule has 1 aliphatic rings. The van der Waals surface area contributed by atoms with Gasteiger partial charge in [-0.25, -0.2) is 0 Å². The lowest BCUT2D eigenvalue weighted by molar-refractivity contribution is 0.667. The van der Waals surface area contributed by atoms with Gasteiger partial charge in [0.1, 0.15) is 0 Å². The van der Waals surface area contributed by atoms with E-state index in [-0.39, 0.29) is 0 Å². The summed E-state index contributed by atoms with van der Waals surface area (Å²) in [5.41, 5.74) is 4.48. The van der Waals surface area contributed by atoms with E-state index in [2.05, 4.69) is 30.4 Å². The normalized spacial score (nSPS) is 13.7. The van der Waals surface area contributed by atoms with Crippen LogP contribution in [0.4, 0.5) is 5.69 Å². The molecule has 0 spiro atoms. The fourth-order valence-corrected chi connectivity index (χ4v) is 2.36. The molecule has 0 atom stereocenters. The van der Waals surface area contributed by atoms with Gasteiger partial charge in [-0.15, -0.1) is 0 Å². The van der Waals surface area contributed by atoms with E-state index in [1.165, 1.54) is 55.3 Å². The molecular weight excluding hydrogens is 182 g/mol. The summed E-state index contributed by atoms with van der Waals surface area (Å²) in [7, 11) is 0. The minimum Gasteiger partial charge on any atom is -0.384 e. The predicted octanol–water partition coefficient (Wildman–Crippen LogP) is 3.78. The highest BCUT2D eigenvalue weighted by molar-refractivity contribution is 5.61. The summed E-state index contributed by atoms with van der Waals surface area (Å²) < 4.78 is 0. The number of unbranched alkanes of at least 4 members (excludes halogenated alkanes) is 3. The topological polar surface area (TPSA) is 12.0 Å². The number of hydrogen-bond acceptors (Lipinski definition) is 1. The Kier molecular flexibility index (Phi) is 3.65. The lowest BCUT2D eigenvalue weighted by atomic mass is 10.0. The summed E-state index contributed by atoms with van der Waals surface area (Å²) >= 11 is 0. The molecule has 1 heteroatoms. The first-order valence-electron chi connectivity index (χ1n) is 6.26. The third-order valence-electron chi connectivity index (χ3n) is 3.23. The molecule has 0 aliphatic carbocycles. The molecule has 0 amide bonds. The van der Waals surface area contributed by atoms with E-state index in [0.717, 1.165) is 6.54 Å². The van der Waals surface area contributed by atoms with Crippen LogP contribution in [0.3, 0.4) is 0 Å². The van der Waals surface area contributed by atoms with Gasteiger partial charge in [0, 0.05) is 12.2 Å². The highest BCUT2D eigenvalue weighted by Gasteiger charge is 2.12. The number of rotatable bonds is 5. The first kappa shape index (κ1) is 10.5. The van der Waals surface area contributed by atoms with Crippen molar-refractivity contribution in [3.63, 3.8) is 0 Å². The number of anilines is 1. The summed E-state index contributed by atoms with van der Waals surface area (Å²) in [6.45, 7) is 3.39. The Hall–Kier alpha value is -0.980. The maximum atomic E-state index is 3.51. The maximum Gasteiger partial charge on any atom is 0.0406 e. The van der Waals surface area contributed by atoms with Gasteiger partial charge in [-0.2, -0.15) is 0 Å². The second-order valence-electron chi connectivity index (χ2n) is 4.44. The van der Waals surface area contributed by atoms with Crippen LogP contribution in [0.25, 0.3) is 0 Å². The molecule has 0 radical (unpaired) electrons. The van der Waals surface area contributed by atoms with E-state index < -0.39 is 0 Å². The molecule has 0 fully saturated rings. The average Bonchev–Trinajstić information content (AvgIpc) is 2.73. The monoisotopic (exact) mass is 203 g/mol. The van der Waals surface area contributed by atoms with Crippen molar-refractivity contribution in [3.8, 4) is 0 Å².